The number of hydrogen-bond acceptors (Lipinski definition) is 5. The Bertz CT molecular complexity index is 568. The monoisotopic (exact) mass is 309 g/mol. The average Bonchev–Trinajstić information content (AvgIpc) is 2.83. The van der Waals surface area contributed by atoms with Crippen LogP contribution < -0.4 is 5.32 Å². The molecular formula is C15H23N3O4. The van der Waals surface area contributed by atoms with Gasteiger partial charge in [-0.15, -0.1) is 0 Å². The molecule has 0 saturated heterocycles. The van der Waals surface area contributed by atoms with Gasteiger partial charge in [-0.1, -0.05) is 0 Å². The minimum absolute atomic E-state index is 0.0138. The van der Waals surface area contributed by atoms with Gasteiger partial charge in [0.1, 0.15) is 11.3 Å². The predicted molar refractivity (Wildman–Crippen MR) is 82.0 cm³/mol. The molecule has 0 aliphatic heterocycles. The second kappa shape index (κ2) is 7.11. The molecule has 0 bridgehead atoms. The van der Waals surface area contributed by atoms with Gasteiger partial charge in [-0.3, -0.25) is 10.00 Å². The van der Waals surface area contributed by atoms with Gasteiger partial charge in [-0.25, -0.2) is 9.59 Å². The van der Waals surface area contributed by atoms with Crippen LogP contribution in [0.3, 0.4) is 0 Å². The molecule has 1 heterocycles. The molecule has 0 atom stereocenters. The maximum atomic E-state index is 11.8. The molecule has 1 aromatic rings. The fraction of sp³-hybridized carbons (Fsp3) is 0.533. The highest BCUT2D eigenvalue weighted by atomic mass is 16.6. The van der Waals surface area contributed by atoms with Crippen molar-refractivity contribution in [3.8, 4) is 0 Å². The van der Waals surface area contributed by atoms with Crippen molar-refractivity contribution in [1.82, 2.24) is 15.1 Å². The van der Waals surface area contributed by atoms with Gasteiger partial charge in [0.15, 0.2) is 0 Å². The first-order chi connectivity index (χ1) is 10.1. The standard InChI is InChI=1S/C15H23N3O4/c1-10(2)18-9-11(8-16-18)7-12(13(19)21-6)17-14(20)22-15(3,4)5/h7-10H,1-6H3,(H,17,20). The van der Waals surface area contributed by atoms with E-state index in [9.17, 15) is 9.59 Å². The first-order valence-electron chi connectivity index (χ1n) is 6.96. The van der Waals surface area contributed by atoms with Crippen LogP contribution in [0.15, 0.2) is 18.1 Å². The Morgan fingerprint density at radius 2 is 2.00 bits per heavy atom. The zero-order valence-corrected chi connectivity index (χ0v) is 13.8. The summed E-state index contributed by atoms with van der Waals surface area (Å²) in [5.41, 5.74) is -0.00128. The quantitative estimate of drug-likeness (QED) is 0.682. The zero-order chi connectivity index (χ0) is 16.9. The van der Waals surface area contributed by atoms with Crippen LogP contribution in [0, 0.1) is 0 Å². The van der Waals surface area contributed by atoms with Crippen LogP contribution in [0.4, 0.5) is 4.79 Å². The molecule has 7 nitrogen and oxygen atoms in total. The van der Waals surface area contributed by atoms with Crippen LogP contribution in [0.1, 0.15) is 46.2 Å². The lowest BCUT2D eigenvalue weighted by molar-refractivity contribution is -0.136. The predicted octanol–water partition coefficient (Wildman–Crippen LogP) is 2.50. The summed E-state index contributed by atoms with van der Waals surface area (Å²) in [4.78, 5) is 23.6. The molecule has 1 rings (SSSR count). The Morgan fingerprint density at radius 1 is 1.36 bits per heavy atom. The summed E-state index contributed by atoms with van der Waals surface area (Å²) < 4.78 is 11.5. The maximum Gasteiger partial charge on any atom is 0.412 e. The Hall–Kier alpha value is -2.31. The van der Waals surface area contributed by atoms with Crippen LogP contribution >= 0.6 is 0 Å². The molecule has 0 fully saturated rings. The lowest BCUT2D eigenvalue weighted by Gasteiger charge is -2.20. The molecule has 0 unspecified atom stereocenters. The maximum absolute atomic E-state index is 11.8. The summed E-state index contributed by atoms with van der Waals surface area (Å²) in [6, 6.07) is 0.197. The highest BCUT2D eigenvalue weighted by Gasteiger charge is 2.20. The van der Waals surface area contributed by atoms with E-state index in [-0.39, 0.29) is 11.7 Å². The van der Waals surface area contributed by atoms with Gasteiger partial charge >= 0.3 is 12.1 Å². The third kappa shape index (κ3) is 5.59. The van der Waals surface area contributed by atoms with Gasteiger partial charge in [-0.2, -0.15) is 5.10 Å². The van der Waals surface area contributed by atoms with E-state index in [0.29, 0.717) is 5.56 Å². The molecule has 0 aliphatic carbocycles. The Kier molecular flexibility index (Phi) is 5.73. The van der Waals surface area contributed by atoms with Crippen molar-refractivity contribution in [3.63, 3.8) is 0 Å². The third-order valence-corrected chi connectivity index (χ3v) is 2.50. The van der Waals surface area contributed by atoms with E-state index in [2.05, 4.69) is 15.2 Å². The fourth-order valence-corrected chi connectivity index (χ4v) is 1.55. The highest BCUT2D eigenvalue weighted by molar-refractivity contribution is 5.96. The molecule has 1 aromatic heterocycles. The molecule has 1 amide bonds. The van der Waals surface area contributed by atoms with Gasteiger partial charge in [0.25, 0.3) is 0 Å². The first-order valence-corrected chi connectivity index (χ1v) is 6.96. The van der Waals surface area contributed by atoms with Gasteiger partial charge in [0, 0.05) is 17.8 Å². The molecule has 0 spiro atoms. The van der Waals surface area contributed by atoms with Crippen LogP contribution in [-0.2, 0) is 14.3 Å². The van der Waals surface area contributed by atoms with E-state index >= 15 is 0 Å². The van der Waals surface area contributed by atoms with Crippen LogP contribution in [0.2, 0.25) is 0 Å². The number of rotatable bonds is 4. The number of ether oxygens (including phenoxy) is 2. The number of amides is 1. The number of hydrogen-bond donors (Lipinski definition) is 1. The molecule has 122 valence electrons. The van der Waals surface area contributed by atoms with E-state index in [0.717, 1.165) is 0 Å². The van der Waals surface area contributed by atoms with Crippen LogP contribution in [0.25, 0.3) is 6.08 Å². The molecule has 22 heavy (non-hydrogen) atoms. The van der Waals surface area contributed by atoms with E-state index in [4.69, 9.17) is 4.74 Å². The second-order valence-corrected chi connectivity index (χ2v) is 6.02. The smallest absolute Gasteiger partial charge is 0.412 e. The van der Waals surface area contributed by atoms with Crippen molar-refractivity contribution in [2.45, 2.75) is 46.3 Å². The van der Waals surface area contributed by atoms with Crippen molar-refractivity contribution < 1.29 is 19.1 Å². The van der Waals surface area contributed by atoms with E-state index in [1.165, 1.54) is 13.2 Å². The molecule has 7 heteroatoms. The number of aromatic nitrogens is 2. The summed E-state index contributed by atoms with van der Waals surface area (Å²) in [6.45, 7) is 9.18. The van der Waals surface area contributed by atoms with Crippen molar-refractivity contribution in [2.24, 2.45) is 0 Å². The molecule has 1 N–H and O–H groups in total. The number of alkyl carbamates (subject to hydrolysis) is 1. The van der Waals surface area contributed by atoms with Crippen LogP contribution in [0.5, 0.6) is 0 Å². The fourth-order valence-electron chi connectivity index (χ4n) is 1.55. The number of nitrogens with zero attached hydrogens (tertiary/aromatic N) is 2. The minimum atomic E-state index is -0.722. The highest BCUT2D eigenvalue weighted by Crippen LogP contribution is 2.11. The van der Waals surface area contributed by atoms with Crippen molar-refractivity contribution in [3.05, 3.63) is 23.7 Å². The Balaban J connectivity index is 2.94. The summed E-state index contributed by atoms with van der Waals surface area (Å²) in [5, 5.41) is 6.57. The van der Waals surface area contributed by atoms with Crippen molar-refractivity contribution in [1.29, 1.82) is 0 Å². The van der Waals surface area contributed by atoms with Gasteiger partial charge < -0.3 is 9.47 Å². The van der Waals surface area contributed by atoms with Gasteiger partial charge in [-0.05, 0) is 40.7 Å². The molecule has 0 aliphatic rings. The summed E-state index contributed by atoms with van der Waals surface area (Å²) >= 11 is 0. The second-order valence-electron chi connectivity index (χ2n) is 6.02. The topological polar surface area (TPSA) is 82.5 Å². The van der Waals surface area contributed by atoms with E-state index < -0.39 is 17.7 Å². The Morgan fingerprint density at radius 3 is 2.45 bits per heavy atom. The summed E-state index contributed by atoms with van der Waals surface area (Å²) in [7, 11) is 1.24. The summed E-state index contributed by atoms with van der Waals surface area (Å²) in [6.07, 6.45) is 4.13. The van der Waals surface area contributed by atoms with Crippen LogP contribution in [-0.4, -0.2) is 34.6 Å². The third-order valence-electron chi connectivity index (χ3n) is 2.50. The lowest BCUT2D eigenvalue weighted by atomic mass is 10.2. The first kappa shape index (κ1) is 17.7. The number of nitrogens with one attached hydrogen (secondary N) is 1. The zero-order valence-electron chi connectivity index (χ0n) is 13.8. The molecule has 0 saturated carbocycles. The molecule has 0 aromatic carbocycles. The Labute approximate surface area is 130 Å². The van der Waals surface area contributed by atoms with Crippen molar-refractivity contribution in [2.75, 3.05) is 7.11 Å². The summed E-state index contributed by atoms with van der Waals surface area (Å²) in [5.74, 6) is -0.664. The minimum Gasteiger partial charge on any atom is -0.464 e. The SMILES string of the molecule is COC(=O)C(=Cc1cnn(C(C)C)c1)NC(=O)OC(C)(C)C. The molecular weight excluding hydrogens is 286 g/mol. The largest absolute Gasteiger partial charge is 0.464 e. The number of methoxy groups -OCH3 is 1. The van der Waals surface area contributed by atoms with E-state index in [1.54, 1.807) is 37.8 Å². The van der Waals surface area contributed by atoms with E-state index in [1.807, 2.05) is 13.8 Å². The normalized spacial score (nSPS) is 12.2. The van der Waals surface area contributed by atoms with Crippen molar-refractivity contribution >= 4 is 18.1 Å². The van der Waals surface area contributed by atoms with Gasteiger partial charge in [0.2, 0.25) is 0 Å². The average molecular weight is 309 g/mol. The number of carbonyl (C=O) groups is 2. The number of esters is 1. The van der Waals surface area contributed by atoms with Gasteiger partial charge in [0.05, 0.1) is 13.3 Å². The molecule has 0 radical (unpaired) electrons. The number of carbonyl (C=O) groups excluding carboxylic acids is 2. The lowest BCUT2D eigenvalue weighted by Crippen LogP contribution is -2.34.